The Balaban J connectivity index is 1.34. The zero-order chi connectivity index (χ0) is 24.2. The molecule has 1 fully saturated rings. The van der Waals surface area contributed by atoms with Crippen LogP contribution in [0.25, 0.3) is 0 Å². The van der Waals surface area contributed by atoms with Gasteiger partial charge in [-0.2, -0.15) is 5.10 Å². The molecule has 2 aliphatic rings. The minimum absolute atomic E-state index is 0.0138. The van der Waals surface area contributed by atoms with Gasteiger partial charge in [0.1, 0.15) is 12.1 Å². The Morgan fingerprint density at radius 1 is 0.971 bits per heavy atom. The van der Waals surface area contributed by atoms with Gasteiger partial charge < -0.3 is 4.74 Å². The lowest BCUT2D eigenvalue weighted by Gasteiger charge is -2.21. The van der Waals surface area contributed by atoms with E-state index >= 15 is 0 Å². The van der Waals surface area contributed by atoms with Gasteiger partial charge in [0.2, 0.25) is 0 Å². The molecule has 2 aromatic carbocycles. The summed E-state index contributed by atoms with van der Waals surface area (Å²) < 4.78 is 6.37. The molecule has 3 aromatic rings. The summed E-state index contributed by atoms with van der Waals surface area (Å²) in [5, 5.41) is 9.03. The molecule has 2 heterocycles. The molecule has 0 saturated heterocycles. The molecule has 1 atom stereocenters. The number of nitrogens with zero attached hydrogens (tertiary/aromatic N) is 3. The SMILES string of the molecule is O=C(Nc1ccc(C2=NN(C(=O)c3ccc(Br)cc3)C(c3ccccn3)C2)cc1)OC1CCCC1. The Labute approximate surface area is 212 Å². The second-order valence-electron chi connectivity index (χ2n) is 8.69. The number of carbonyl (C=O) groups excluding carboxylic acids is 2. The number of carbonyl (C=O) groups is 2. The fraction of sp³-hybridized carbons (Fsp3) is 0.259. The van der Waals surface area contributed by atoms with Gasteiger partial charge in [-0.05, 0) is 79.8 Å². The van der Waals surface area contributed by atoms with Gasteiger partial charge in [0, 0.05) is 28.3 Å². The topological polar surface area (TPSA) is 83.9 Å². The number of anilines is 1. The van der Waals surface area contributed by atoms with Crippen LogP contribution in [0.4, 0.5) is 10.5 Å². The number of halogens is 1. The molecule has 35 heavy (non-hydrogen) atoms. The largest absolute Gasteiger partial charge is 0.446 e. The monoisotopic (exact) mass is 532 g/mol. The van der Waals surface area contributed by atoms with Crippen LogP contribution >= 0.6 is 15.9 Å². The Morgan fingerprint density at radius 2 is 1.71 bits per heavy atom. The third kappa shape index (κ3) is 5.43. The summed E-state index contributed by atoms with van der Waals surface area (Å²) in [6.45, 7) is 0. The lowest BCUT2D eigenvalue weighted by Crippen LogP contribution is -2.27. The first kappa shape index (κ1) is 23.2. The maximum absolute atomic E-state index is 13.4. The van der Waals surface area contributed by atoms with Gasteiger partial charge in [0.25, 0.3) is 5.91 Å². The summed E-state index contributed by atoms with van der Waals surface area (Å²) >= 11 is 3.41. The van der Waals surface area contributed by atoms with Crippen LogP contribution in [-0.2, 0) is 4.74 Å². The van der Waals surface area contributed by atoms with Gasteiger partial charge in [-0.3, -0.25) is 15.1 Å². The molecule has 2 amide bonds. The van der Waals surface area contributed by atoms with E-state index in [-0.39, 0.29) is 18.1 Å². The van der Waals surface area contributed by atoms with Crippen molar-refractivity contribution in [2.45, 2.75) is 44.2 Å². The summed E-state index contributed by atoms with van der Waals surface area (Å²) in [4.78, 5) is 30.0. The number of hydrazone groups is 1. The first-order chi connectivity index (χ1) is 17.1. The highest BCUT2D eigenvalue weighted by atomic mass is 79.9. The van der Waals surface area contributed by atoms with Gasteiger partial charge in [-0.15, -0.1) is 0 Å². The number of rotatable bonds is 5. The first-order valence-electron chi connectivity index (χ1n) is 11.7. The maximum atomic E-state index is 13.4. The lowest BCUT2D eigenvalue weighted by atomic mass is 10.0. The molecule has 7 nitrogen and oxygen atoms in total. The van der Waals surface area contributed by atoms with Crippen LogP contribution in [0.15, 0.2) is 82.5 Å². The highest BCUT2D eigenvalue weighted by Crippen LogP contribution is 2.33. The second kappa shape index (κ2) is 10.4. The van der Waals surface area contributed by atoms with Crippen LogP contribution < -0.4 is 5.32 Å². The van der Waals surface area contributed by atoms with Crippen LogP contribution in [0.2, 0.25) is 0 Å². The van der Waals surface area contributed by atoms with Crippen molar-refractivity contribution in [2.24, 2.45) is 5.10 Å². The van der Waals surface area contributed by atoms with Gasteiger partial charge >= 0.3 is 6.09 Å². The quantitative estimate of drug-likeness (QED) is 0.416. The maximum Gasteiger partial charge on any atom is 0.411 e. The van der Waals surface area contributed by atoms with Crippen LogP contribution in [0.1, 0.15) is 59.8 Å². The summed E-state index contributed by atoms with van der Waals surface area (Å²) in [5.74, 6) is -0.184. The van der Waals surface area contributed by atoms with E-state index in [1.165, 1.54) is 5.01 Å². The fourth-order valence-electron chi connectivity index (χ4n) is 4.45. The highest BCUT2D eigenvalue weighted by molar-refractivity contribution is 9.10. The molecule has 0 bridgehead atoms. The number of hydrogen-bond donors (Lipinski definition) is 1. The molecule has 1 N–H and O–H groups in total. The number of aromatic nitrogens is 1. The van der Waals surface area contributed by atoms with Crippen molar-refractivity contribution in [3.05, 3.63) is 94.2 Å². The average Bonchev–Trinajstić information content (AvgIpc) is 3.55. The van der Waals surface area contributed by atoms with E-state index in [0.717, 1.165) is 47.1 Å². The molecule has 1 aliphatic heterocycles. The Hall–Kier alpha value is -3.52. The Morgan fingerprint density at radius 3 is 2.40 bits per heavy atom. The van der Waals surface area contributed by atoms with Gasteiger partial charge in [0.05, 0.1) is 11.4 Å². The van der Waals surface area contributed by atoms with Crippen molar-refractivity contribution < 1.29 is 14.3 Å². The van der Waals surface area contributed by atoms with E-state index in [9.17, 15) is 9.59 Å². The smallest absolute Gasteiger partial charge is 0.411 e. The van der Waals surface area contributed by atoms with E-state index in [1.54, 1.807) is 18.3 Å². The summed E-state index contributed by atoms with van der Waals surface area (Å²) in [5.41, 5.74) is 3.65. The molecule has 178 valence electrons. The molecular weight excluding hydrogens is 508 g/mol. The number of amides is 2. The zero-order valence-corrected chi connectivity index (χ0v) is 20.6. The first-order valence-corrected chi connectivity index (χ1v) is 12.5. The van der Waals surface area contributed by atoms with Crippen LogP contribution in [-0.4, -0.2) is 33.8 Å². The molecule has 0 radical (unpaired) electrons. The second-order valence-corrected chi connectivity index (χ2v) is 9.61. The predicted octanol–water partition coefficient (Wildman–Crippen LogP) is 6.33. The standard InChI is InChI=1S/C27H25BrN4O3/c28-20-12-8-19(9-13-20)26(33)32-25(23-7-3-4-16-29-23)17-24(31-32)18-10-14-21(15-11-18)30-27(34)35-22-5-1-2-6-22/h3-4,7-16,22,25H,1-2,5-6,17H2,(H,30,34). The van der Waals surface area contributed by atoms with E-state index in [2.05, 4.69) is 26.2 Å². The van der Waals surface area contributed by atoms with Crippen molar-refractivity contribution in [1.29, 1.82) is 0 Å². The average molecular weight is 533 g/mol. The van der Waals surface area contributed by atoms with E-state index in [1.807, 2.05) is 54.6 Å². The molecule has 8 heteroatoms. The minimum Gasteiger partial charge on any atom is -0.446 e. The van der Waals surface area contributed by atoms with Gasteiger partial charge in [-0.25, -0.2) is 9.80 Å². The molecule has 1 saturated carbocycles. The number of ether oxygens (including phenoxy) is 1. The zero-order valence-electron chi connectivity index (χ0n) is 19.1. The summed E-state index contributed by atoms with van der Waals surface area (Å²) in [7, 11) is 0. The van der Waals surface area contributed by atoms with Gasteiger partial charge in [0.15, 0.2) is 0 Å². The lowest BCUT2D eigenvalue weighted by molar-refractivity contribution is 0.0708. The van der Waals surface area contributed by atoms with E-state index in [0.29, 0.717) is 17.7 Å². The normalized spacial score (nSPS) is 17.8. The molecule has 0 spiro atoms. The number of pyridine rings is 1. The molecule has 5 rings (SSSR count). The molecular formula is C27H25BrN4O3. The molecule has 1 aliphatic carbocycles. The van der Waals surface area contributed by atoms with Crippen LogP contribution in [0, 0.1) is 0 Å². The van der Waals surface area contributed by atoms with E-state index < -0.39 is 6.09 Å². The third-order valence-electron chi connectivity index (χ3n) is 6.28. The predicted molar refractivity (Wildman–Crippen MR) is 137 cm³/mol. The number of nitrogens with one attached hydrogen (secondary N) is 1. The Bertz CT molecular complexity index is 1220. The number of benzene rings is 2. The fourth-order valence-corrected chi connectivity index (χ4v) is 4.72. The van der Waals surface area contributed by atoms with Crippen LogP contribution in [0.5, 0.6) is 0 Å². The van der Waals surface area contributed by atoms with Crippen molar-refractivity contribution in [3.63, 3.8) is 0 Å². The Kier molecular flexibility index (Phi) is 6.90. The van der Waals surface area contributed by atoms with Crippen molar-refractivity contribution in [3.8, 4) is 0 Å². The van der Waals surface area contributed by atoms with Crippen molar-refractivity contribution in [1.82, 2.24) is 9.99 Å². The summed E-state index contributed by atoms with van der Waals surface area (Å²) in [6, 6.07) is 20.0. The van der Waals surface area contributed by atoms with E-state index in [4.69, 9.17) is 9.84 Å². The summed E-state index contributed by atoms with van der Waals surface area (Å²) in [6.07, 6.45) is 5.92. The van der Waals surface area contributed by atoms with Crippen molar-refractivity contribution >= 4 is 39.3 Å². The van der Waals surface area contributed by atoms with Crippen molar-refractivity contribution in [2.75, 3.05) is 5.32 Å². The minimum atomic E-state index is -0.427. The molecule has 1 unspecified atom stereocenters. The third-order valence-corrected chi connectivity index (χ3v) is 6.81. The van der Waals surface area contributed by atoms with Crippen LogP contribution in [0.3, 0.4) is 0 Å². The number of hydrogen-bond acceptors (Lipinski definition) is 5. The molecule has 1 aromatic heterocycles. The highest BCUT2D eigenvalue weighted by Gasteiger charge is 2.34. The van der Waals surface area contributed by atoms with Gasteiger partial charge in [-0.1, -0.05) is 34.1 Å².